The molecule has 0 amide bonds. The first kappa shape index (κ1) is 28.2. The molecule has 1 atom stereocenters. The van der Waals surface area contributed by atoms with E-state index in [9.17, 15) is 10.1 Å². The standard InChI is InChI=1S/C31H32N2O7/c1-4-5-8-15-37-26-14-11-20(16-28(26)36-3)30-22-13-12-21(17-27(22)40-31(33)23(30)18-32)39-29(34)19-38-25-10-7-6-9-24(25)35-2/h6-7,9-14,16-17,30H,4-5,8,15,19,33H2,1-3H3. The average molecular weight is 545 g/mol. The third-order valence-corrected chi connectivity index (χ3v) is 6.36. The number of allylic oxidation sites excluding steroid dienone is 1. The minimum atomic E-state index is -0.612. The third kappa shape index (κ3) is 6.41. The van der Waals surface area contributed by atoms with Crippen molar-refractivity contribution in [1.29, 1.82) is 5.26 Å². The molecule has 0 aromatic heterocycles. The van der Waals surface area contributed by atoms with Crippen molar-refractivity contribution in [2.24, 2.45) is 5.73 Å². The fourth-order valence-electron chi connectivity index (χ4n) is 4.39. The molecule has 0 spiro atoms. The van der Waals surface area contributed by atoms with Gasteiger partial charge in [0, 0.05) is 11.6 Å². The molecule has 0 bridgehead atoms. The lowest BCUT2D eigenvalue weighted by atomic mass is 9.83. The molecule has 1 heterocycles. The largest absolute Gasteiger partial charge is 0.493 e. The average Bonchev–Trinajstić information content (AvgIpc) is 2.97. The van der Waals surface area contributed by atoms with Gasteiger partial charge in [0.1, 0.15) is 23.1 Å². The predicted octanol–water partition coefficient (Wildman–Crippen LogP) is 5.48. The second-order valence-electron chi connectivity index (χ2n) is 9.00. The number of esters is 1. The normalized spacial score (nSPS) is 13.9. The van der Waals surface area contributed by atoms with Crippen LogP contribution in [0.5, 0.6) is 34.5 Å². The smallest absolute Gasteiger partial charge is 0.349 e. The van der Waals surface area contributed by atoms with Gasteiger partial charge in [0.2, 0.25) is 5.88 Å². The molecule has 2 N–H and O–H groups in total. The Labute approximate surface area is 233 Å². The number of benzene rings is 3. The highest BCUT2D eigenvalue weighted by Crippen LogP contribution is 2.45. The van der Waals surface area contributed by atoms with Gasteiger partial charge in [-0.3, -0.25) is 0 Å². The Morgan fingerprint density at radius 3 is 2.42 bits per heavy atom. The molecular weight excluding hydrogens is 512 g/mol. The number of nitrogens with zero attached hydrogens (tertiary/aromatic N) is 1. The van der Waals surface area contributed by atoms with Crippen LogP contribution in [0.4, 0.5) is 0 Å². The highest BCUT2D eigenvalue weighted by molar-refractivity contribution is 5.74. The molecule has 0 aliphatic carbocycles. The maximum atomic E-state index is 12.5. The van der Waals surface area contributed by atoms with Gasteiger partial charge in [0.25, 0.3) is 0 Å². The van der Waals surface area contributed by atoms with Gasteiger partial charge in [-0.15, -0.1) is 0 Å². The van der Waals surface area contributed by atoms with Gasteiger partial charge in [-0.25, -0.2) is 4.79 Å². The monoisotopic (exact) mass is 544 g/mol. The van der Waals surface area contributed by atoms with Crippen LogP contribution in [0, 0.1) is 11.3 Å². The summed E-state index contributed by atoms with van der Waals surface area (Å²) in [5.74, 6) is 1.57. The van der Waals surface area contributed by atoms with Crippen LogP contribution in [-0.2, 0) is 4.79 Å². The molecule has 1 unspecified atom stereocenters. The zero-order valence-corrected chi connectivity index (χ0v) is 22.8. The van der Waals surface area contributed by atoms with Crippen LogP contribution in [0.15, 0.2) is 72.1 Å². The van der Waals surface area contributed by atoms with E-state index < -0.39 is 11.9 Å². The number of carbonyl (C=O) groups is 1. The number of carbonyl (C=O) groups excluding carboxylic acids is 1. The Morgan fingerprint density at radius 2 is 1.70 bits per heavy atom. The molecule has 40 heavy (non-hydrogen) atoms. The number of ether oxygens (including phenoxy) is 6. The van der Waals surface area contributed by atoms with Crippen molar-refractivity contribution in [3.63, 3.8) is 0 Å². The van der Waals surface area contributed by atoms with E-state index in [1.165, 1.54) is 7.11 Å². The van der Waals surface area contributed by atoms with Crippen LogP contribution in [0.1, 0.15) is 43.2 Å². The number of hydrogen-bond donors (Lipinski definition) is 1. The first-order valence-corrected chi connectivity index (χ1v) is 13.0. The molecule has 0 radical (unpaired) electrons. The van der Waals surface area contributed by atoms with Gasteiger partial charge in [0.15, 0.2) is 29.6 Å². The fraction of sp³-hybridized carbons (Fsp3) is 0.290. The molecule has 4 rings (SSSR count). The van der Waals surface area contributed by atoms with Crippen molar-refractivity contribution in [2.75, 3.05) is 27.4 Å². The minimum absolute atomic E-state index is 0.0261. The summed E-state index contributed by atoms with van der Waals surface area (Å²) in [4.78, 5) is 12.5. The van der Waals surface area contributed by atoms with E-state index in [1.54, 1.807) is 49.6 Å². The second kappa shape index (κ2) is 13.3. The lowest BCUT2D eigenvalue weighted by Crippen LogP contribution is -2.22. The van der Waals surface area contributed by atoms with E-state index in [1.807, 2.05) is 18.2 Å². The Kier molecular flexibility index (Phi) is 9.36. The SMILES string of the molecule is CCCCCOc1ccc(C2C(C#N)=C(N)Oc3cc(OC(=O)COc4ccccc4OC)ccc32)cc1OC. The Morgan fingerprint density at radius 1 is 0.950 bits per heavy atom. The van der Waals surface area contributed by atoms with Crippen LogP contribution in [0.3, 0.4) is 0 Å². The molecule has 9 heteroatoms. The summed E-state index contributed by atoms with van der Waals surface area (Å²) in [5.41, 5.74) is 7.89. The van der Waals surface area contributed by atoms with Crippen LogP contribution in [0.2, 0.25) is 0 Å². The Balaban J connectivity index is 1.54. The zero-order chi connectivity index (χ0) is 28.5. The number of methoxy groups -OCH3 is 2. The van der Waals surface area contributed by atoms with E-state index in [-0.39, 0.29) is 23.8 Å². The third-order valence-electron chi connectivity index (χ3n) is 6.36. The highest BCUT2D eigenvalue weighted by atomic mass is 16.6. The summed E-state index contributed by atoms with van der Waals surface area (Å²) in [5, 5.41) is 9.91. The number of fused-ring (bicyclic) bond motifs is 1. The van der Waals surface area contributed by atoms with E-state index in [0.717, 1.165) is 24.8 Å². The van der Waals surface area contributed by atoms with E-state index in [4.69, 9.17) is 34.2 Å². The summed E-state index contributed by atoms with van der Waals surface area (Å²) < 4.78 is 33.5. The van der Waals surface area contributed by atoms with Crippen molar-refractivity contribution in [2.45, 2.75) is 32.1 Å². The predicted molar refractivity (Wildman–Crippen MR) is 148 cm³/mol. The second-order valence-corrected chi connectivity index (χ2v) is 9.00. The summed E-state index contributed by atoms with van der Waals surface area (Å²) >= 11 is 0. The molecule has 0 fully saturated rings. The highest BCUT2D eigenvalue weighted by Gasteiger charge is 2.32. The maximum Gasteiger partial charge on any atom is 0.349 e. The molecule has 208 valence electrons. The number of unbranched alkanes of at least 4 members (excludes halogenated alkanes) is 2. The van der Waals surface area contributed by atoms with Crippen LogP contribution >= 0.6 is 0 Å². The van der Waals surface area contributed by atoms with Crippen molar-refractivity contribution < 1.29 is 33.2 Å². The first-order valence-electron chi connectivity index (χ1n) is 13.0. The van der Waals surface area contributed by atoms with Crippen molar-refractivity contribution >= 4 is 5.97 Å². The number of nitrogens with two attached hydrogens (primary N) is 1. The van der Waals surface area contributed by atoms with Gasteiger partial charge >= 0.3 is 5.97 Å². The number of nitriles is 1. The number of hydrogen-bond acceptors (Lipinski definition) is 9. The van der Waals surface area contributed by atoms with Gasteiger partial charge < -0.3 is 34.2 Å². The molecule has 1 aliphatic heterocycles. The molecule has 3 aromatic rings. The Hall–Kier alpha value is -4.84. The number of rotatable bonds is 12. The van der Waals surface area contributed by atoms with Crippen LogP contribution in [0.25, 0.3) is 0 Å². The van der Waals surface area contributed by atoms with Gasteiger partial charge in [0.05, 0.1) is 26.7 Å². The zero-order valence-electron chi connectivity index (χ0n) is 22.8. The topological polar surface area (TPSA) is 122 Å². The fourth-order valence-corrected chi connectivity index (χ4v) is 4.39. The maximum absolute atomic E-state index is 12.5. The minimum Gasteiger partial charge on any atom is -0.493 e. The summed E-state index contributed by atoms with van der Waals surface area (Å²) in [6.07, 6.45) is 3.14. The van der Waals surface area contributed by atoms with E-state index in [2.05, 4.69) is 13.0 Å². The van der Waals surface area contributed by atoms with E-state index >= 15 is 0 Å². The lowest BCUT2D eigenvalue weighted by molar-refractivity contribution is -0.136. The first-order chi connectivity index (χ1) is 19.5. The molecular formula is C31H32N2O7. The van der Waals surface area contributed by atoms with Gasteiger partial charge in [-0.1, -0.05) is 44.0 Å². The van der Waals surface area contributed by atoms with Crippen molar-refractivity contribution in [3.8, 4) is 40.6 Å². The molecule has 3 aromatic carbocycles. The van der Waals surface area contributed by atoms with Gasteiger partial charge in [-0.05, 0) is 42.3 Å². The lowest BCUT2D eigenvalue weighted by Gasteiger charge is -2.27. The summed E-state index contributed by atoms with van der Waals surface area (Å²) in [7, 11) is 3.09. The molecule has 0 saturated heterocycles. The van der Waals surface area contributed by atoms with Gasteiger partial charge in [-0.2, -0.15) is 5.26 Å². The van der Waals surface area contributed by atoms with Crippen molar-refractivity contribution in [3.05, 3.63) is 83.2 Å². The molecule has 1 aliphatic rings. The quantitative estimate of drug-likeness (QED) is 0.179. The molecule has 0 saturated carbocycles. The van der Waals surface area contributed by atoms with Crippen molar-refractivity contribution in [1.82, 2.24) is 0 Å². The van der Waals surface area contributed by atoms with Crippen LogP contribution in [-0.4, -0.2) is 33.4 Å². The van der Waals surface area contributed by atoms with Crippen LogP contribution < -0.4 is 34.2 Å². The summed E-state index contributed by atoms with van der Waals surface area (Å²) in [6, 6.07) is 19.7. The summed E-state index contributed by atoms with van der Waals surface area (Å²) in [6.45, 7) is 2.40. The number of para-hydroxylation sites is 2. The van der Waals surface area contributed by atoms with E-state index in [0.29, 0.717) is 40.9 Å². The molecule has 9 nitrogen and oxygen atoms in total. The Bertz CT molecular complexity index is 1430.